The van der Waals surface area contributed by atoms with Crippen LogP contribution in [-0.2, 0) is 6.54 Å². The van der Waals surface area contributed by atoms with E-state index in [0.717, 1.165) is 12.2 Å². The van der Waals surface area contributed by atoms with Gasteiger partial charge in [-0.2, -0.15) is 0 Å². The van der Waals surface area contributed by atoms with Crippen molar-refractivity contribution in [3.8, 4) is 0 Å². The van der Waals surface area contributed by atoms with Gasteiger partial charge in [0.15, 0.2) is 0 Å². The van der Waals surface area contributed by atoms with Crippen LogP contribution in [0.2, 0.25) is 0 Å². The number of hydrogen-bond acceptors (Lipinski definition) is 1. The van der Waals surface area contributed by atoms with E-state index < -0.39 is 0 Å². The summed E-state index contributed by atoms with van der Waals surface area (Å²) in [5.74, 6) is 0. The van der Waals surface area contributed by atoms with E-state index in [2.05, 4.69) is 47.9 Å². The zero-order chi connectivity index (χ0) is 15.4. The summed E-state index contributed by atoms with van der Waals surface area (Å²) < 4.78 is 2.46. The van der Waals surface area contributed by atoms with E-state index in [1.165, 1.54) is 60.3 Å². The van der Waals surface area contributed by atoms with E-state index in [1.807, 2.05) is 6.07 Å². The van der Waals surface area contributed by atoms with Crippen molar-refractivity contribution in [3.63, 3.8) is 0 Å². The molecule has 2 heteroatoms. The summed E-state index contributed by atoms with van der Waals surface area (Å²) in [6.45, 7) is 3.36. The molecule has 0 aliphatic carbocycles. The van der Waals surface area contributed by atoms with E-state index in [0.29, 0.717) is 0 Å². The molecule has 1 aromatic heterocycles. The number of benzene rings is 2. The number of unbranched alkanes of at least 4 members (excludes halogenated alkanes) is 5. The predicted molar refractivity (Wildman–Crippen MR) is 97.2 cm³/mol. The third-order valence-electron chi connectivity index (χ3n) is 4.53. The number of aromatic nitrogens is 1. The second-order valence-corrected chi connectivity index (χ2v) is 6.21. The molecule has 0 bridgehead atoms. The van der Waals surface area contributed by atoms with E-state index in [9.17, 15) is 0 Å². The van der Waals surface area contributed by atoms with Gasteiger partial charge in [-0.25, -0.2) is 0 Å². The molecule has 0 atom stereocenters. The van der Waals surface area contributed by atoms with Gasteiger partial charge in [0.05, 0.1) is 0 Å². The summed E-state index contributed by atoms with van der Waals surface area (Å²) in [6, 6.07) is 15.0. The van der Waals surface area contributed by atoms with Crippen LogP contribution >= 0.6 is 0 Å². The number of aryl methyl sites for hydroxylation is 1. The predicted octanol–water partition coefficient (Wildman–Crippen LogP) is 5.74. The highest BCUT2D eigenvalue weighted by molar-refractivity contribution is 6.08. The molecule has 22 heavy (non-hydrogen) atoms. The van der Waals surface area contributed by atoms with Crippen LogP contribution in [0.15, 0.2) is 42.5 Å². The molecule has 0 fully saturated rings. The Morgan fingerprint density at radius 2 is 1.55 bits per heavy atom. The lowest BCUT2D eigenvalue weighted by Gasteiger charge is -2.07. The van der Waals surface area contributed by atoms with E-state index >= 15 is 0 Å². The van der Waals surface area contributed by atoms with Crippen molar-refractivity contribution in [2.75, 3.05) is 5.73 Å². The molecule has 116 valence electrons. The van der Waals surface area contributed by atoms with Gasteiger partial charge in [0.2, 0.25) is 0 Å². The van der Waals surface area contributed by atoms with Gasteiger partial charge in [0.25, 0.3) is 0 Å². The van der Waals surface area contributed by atoms with Crippen LogP contribution in [0.3, 0.4) is 0 Å². The van der Waals surface area contributed by atoms with Gasteiger partial charge in [0, 0.05) is 34.0 Å². The van der Waals surface area contributed by atoms with Crippen LogP contribution in [0, 0.1) is 0 Å². The Balaban J connectivity index is 1.84. The molecule has 0 amide bonds. The Labute approximate surface area is 132 Å². The maximum atomic E-state index is 5.98. The van der Waals surface area contributed by atoms with Crippen molar-refractivity contribution < 1.29 is 0 Å². The Hall–Kier alpha value is -1.96. The summed E-state index contributed by atoms with van der Waals surface area (Å²) in [6.07, 6.45) is 7.99. The summed E-state index contributed by atoms with van der Waals surface area (Å²) in [5, 5.41) is 2.59. The number of nitrogens with two attached hydrogens (primary N) is 1. The average molecular weight is 294 g/mol. The number of nitrogen functional groups attached to an aromatic ring is 1. The highest BCUT2D eigenvalue weighted by atomic mass is 15.0. The first-order valence-corrected chi connectivity index (χ1v) is 8.57. The van der Waals surface area contributed by atoms with Gasteiger partial charge < -0.3 is 10.3 Å². The fourth-order valence-electron chi connectivity index (χ4n) is 3.36. The lowest BCUT2D eigenvalue weighted by Crippen LogP contribution is -1.97. The molecule has 1 heterocycles. The second-order valence-electron chi connectivity index (χ2n) is 6.21. The lowest BCUT2D eigenvalue weighted by molar-refractivity contribution is 0.571. The third kappa shape index (κ3) is 2.96. The number of hydrogen-bond donors (Lipinski definition) is 1. The van der Waals surface area contributed by atoms with Gasteiger partial charge in [0.1, 0.15) is 0 Å². The van der Waals surface area contributed by atoms with Crippen molar-refractivity contribution in [3.05, 3.63) is 42.5 Å². The minimum Gasteiger partial charge on any atom is -0.399 e. The first-order valence-electron chi connectivity index (χ1n) is 8.57. The molecular formula is C20H26N2. The van der Waals surface area contributed by atoms with Crippen LogP contribution in [0.1, 0.15) is 45.4 Å². The van der Waals surface area contributed by atoms with Gasteiger partial charge in [-0.05, 0) is 30.7 Å². The van der Waals surface area contributed by atoms with Gasteiger partial charge in [-0.3, -0.25) is 0 Å². The molecule has 0 saturated heterocycles. The van der Waals surface area contributed by atoms with E-state index in [1.54, 1.807) is 0 Å². The molecule has 0 unspecified atom stereocenters. The molecule has 3 aromatic rings. The minimum absolute atomic E-state index is 0.843. The Morgan fingerprint density at radius 1 is 0.818 bits per heavy atom. The van der Waals surface area contributed by atoms with E-state index in [4.69, 9.17) is 5.73 Å². The molecule has 0 saturated carbocycles. The third-order valence-corrected chi connectivity index (χ3v) is 4.53. The largest absolute Gasteiger partial charge is 0.399 e. The van der Waals surface area contributed by atoms with Crippen molar-refractivity contribution in [2.24, 2.45) is 0 Å². The fraction of sp³-hybridized carbons (Fsp3) is 0.400. The molecule has 0 aliphatic rings. The number of rotatable bonds is 7. The lowest BCUT2D eigenvalue weighted by atomic mass is 10.1. The molecular weight excluding hydrogens is 268 g/mol. The van der Waals surface area contributed by atoms with Crippen LogP contribution in [-0.4, -0.2) is 4.57 Å². The first-order chi connectivity index (χ1) is 10.8. The van der Waals surface area contributed by atoms with E-state index in [-0.39, 0.29) is 0 Å². The zero-order valence-corrected chi connectivity index (χ0v) is 13.5. The molecule has 0 radical (unpaired) electrons. The molecule has 0 spiro atoms. The number of para-hydroxylation sites is 1. The first kappa shape index (κ1) is 15.0. The number of fused-ring (bicyclic) bond motifs is 3. The molecule has 2 nitrogen and oxygen atoms in total. The van der Waals surface area contributed by atoms with Gasteiger partial charge in [-0.15, -0.1) is 0 Å². The SMILES string of the molecule is CCCCCCCCn1c2ccccc2c2cc(N)ccc21. The Morgan fingerprint density at radius 3 is 2.41 bits per heavy atom. The number of nitrogens with zero attached hydrogens (tertiary/aromatic N) is 1. The highest BCUT2D eigenvalue weighted by Crippen LogP contribution is 2.30. The summed E-state index contributed by atoms with van der Waals surface area (Å²) in [5.41, 5.74) is 9.47. The van der Waals surface area contributed by atoms with Crippen LogP contribution < -0.4 is 5.73 Å². The van der Waals surface area contributed by atoms with Crippen LogP contribution in [0.4, 0.5) is 5.69 Å². The van der Waals surface area contributed by atoms with Gasteiger partial charge in [-0.1, -0.05) is 57.2 Å². The smallest absolute Gasteiger partial charge is 0.0492 e. The van der Waals surface area contributed by atoms with Crippen LogP contribution in [0.25, 0.3) is 21.8 Å². The summed E-state index contributed by atoms with van der Waals surface area (Å²) in [7, 11) is 0. The summed E-state index contributed by atoms with van der Waals surface area (Å²) in [4.78, 5) is 0. The summed E-state index contributed by atoms with van der Waals surface area (Å²) >= 11 is 0. The Kier molecular flexibility index (Phi) is 4.67. The van der Waals surface area contributed by atoms with Crippen LogP contribution in [0.5, 0.6) is 0 Å². The normalized spacial score (nSPS) is 11.5. The molecule has 2 N–H and O–H groups in total. The van der Waals surface area contributed by atoms with Crippen molar-refractivity contribution in [2.45, 2.75) is 52.0 Å². The maximum absolute atomic E-state index is 5.98. The highest BCUT2D eigenvalue weighted by Gasteiger charge is 2.09. The maximum Gasteiger partial charge on any atom is 0.0492 e. The Bertz CT molecular complexity index is 755. The standard InChI is InChI=1S/C20H26N2/c1-2-3-4-5-6-9-14-22-19-11-8-7-10-17(19)18-15-16(21)12-13-20(18)22/h7-8,10-13,15H,2-6,9,14,21H2,1H3. The van der Waals surface area contributed by atoms with Gasteiger partial charge >= 0.3 is 0 Å². The van der Waals surface area contributed by atoms with Crippen molar-refractivity contribution >= 4 is 27.5 Å². The molecule has 3 rings (SSSR count). The minimum atomic E-state index is 0.843. The fourth-order valence-corrected chi connectivity index (χ4v) is 3.36. The molecule has 0 aliphatic heterocycles. The zero-order valence-electron chi connectivity index (χ0n) is 13.5. The average Bonchev–Trinajstić information content (AvgIpc) is 2.84. The topological polar surface area (TPSA) is 30.9 Å². The van der Waals surface area contributed by atoms with Crippen molar-refractivity contribution in [1.29, 1.82) is 0 Å². The molecule has 2 aromatic carbocycles. The quantitative estimate of drug-likeness (QED) is 0.437. The second kappa shape index (κ2) is 6.87. The monoisotopic (exact) mass is 294 g/mol. The van der Waals surface area contributed by atoms with Crippen molar-refractivity contribution in [1.82, 2.24) is 4.57 Å². The number of anilines is 1.